The van der Waals surface area contributed by atoms with E-state index in [9.17, 15) is 19.2 Å². The van der Waals surface area contributed by atoms with Gasteiger partial charge in [-0.3, -0.25) is 14.4 Å². The Labute approximate surface area is 332 Å². The summed E-state index contributed by atoms with van der Waals surface area (Å²) in [6, 6.07) is 30.3. The van der Waals surface area contributed by atoms with Crippen molar-refractivity contribution in [1.82, 2.24) is 9.80 Å². The van der Waals surface area contributed by atoms with Gasteiger partial charge in [-0.2, -0.15) is 0 Å². The number of rotatable bonds is 21. The molecule has 10 heteroatoms. The molecule has 56 heavy (non-hydrogen) atoms. The summed E-state index contributed by atoms with van der Waals surface area (Å²) in [6.07, 6.45) is 10.4. The SMILES string of the molecule is CN.Cc1cc(NC(=O)CCC2CCCC2)ccc1CC(c1ccc(OCCCCN)cc1)N(C=O)Cc1ccc(C(=O)N(CC=O)Cc2ccccc2)cc1. The highest BCUT2D eigenvalue weighted by Crippen LogP contribution is 2.31. The normalized spacial score (nSPS) is 12.9. The van der Waals surface area contributed by atoms with Gasteiger partial charge in [0.1, 0.15) is 12.0 Å². The number of anilines is 1. The molecule has 1 saturated carbocycles. The zero-order valence-corrected chi connectivity index (χ0v) is 33.0. The van der Waals surface area contributed by atoms with E-state index in [0.717, 1.165) is 71.2 Å². The van der Waals surface area contributed by atoms with E-state index in [4.69, 9.17) is 10.5 Å². The maximum absolute atomic E-state index is 13.4. The average molecular weight is 762 g/mol. The summed E-state index contributed by atoms with van der Waals surface area (Å²) in [4.78, 5) is 53.8. The monoisotopic (exact) mass is 761 g/mol. The van der Waals surface area contributed by atoms with Gasteiger partial charge < -0.3 is 36.1 Å². The number of nitrogens with zero attached hydrogens (tertiary/aromatic N) is 2. The number of carbonyl (C=O) groups excluding carboxylic acids is 4. The Morgan fingerprint density at radius 3 is 2.21 bits per heavy atom. The number of amides is 3. The molecule has 4 aromatic carbocycles. The lowest BCUT2D eigenvalue weighted by Crippen LogP contribution is -2.32. The molecule has 1 unspecified atom stereocenters. The summed E-state index contributed by atoms with van der Waals surface area (Å²) < 4.78 is 5.93. The maximum atomic E-state index is 13.4. The van der Waals surface area contributed by atoms with Crippen LogP contribution in [0.15, 0.2) is 97.1 Å². The molecule has 1 fully saturated rings. The third kappa shape index (κ3) is 13.5. The van der Waals surface area contributed by atoms with Crippen molar-refractivity contribution in [3.8, 4) is 5.75 Å². The fourth-order valence-corrected chi connectivity index (χ4v) is 7.20. The molecule has 298 valence electrons. The number of unbranched alkanes of at least 4 members (excludes halogenated alkanes) is 1. The lowest BCUT2D eigenvalue weighted by atomic mass is 9.94. The first-order valence-electron chi connectivity index (χ1n) is 19.8. The van der Waals surface area contributed by atoms with Crippen LogP contribution in [-0.2, 0) is 33.9 Å². The summed E-state index contributed by atoms with van der Waals surface area (Å²) in [6.45, 7) is 3.87. The van der Waals surface area contributed by atoms with E-state index in [2.05, 4.69) is 11.1 Å². The van der Waals surface area contributed by atoms with E-state index in [0.29, 0.717) is 50.6 Å². The van der Waals surface area contributed by atoms with Gasteiger partial charge in [-0.1, -0.05) is 86.3 Å². The predicted octanol–water partition coefficient (Wildman–Crippen LogP) is 7.38. The van der Waals surface area contributed by atoms with Crippen LogP contribution in [-0.4, -0.2) is 61.1 Å². The van der Waals surface area contributed by atoms with Crippen molar-refractivity contribution >= 4 is 30.2 Å². The molecule has 10 nitrogen and oxygen atoms in total. The highest BCUT2D eigenvalue weighted by molar-refractivity contribution is 5.95. The lowest BCUT2D eigenvalue weighted by molar-refractivity contribution is -0.121. The molecule has 1 atom stereocenters. The minimum atomic E-state index is -0.311. The molecule has 1 aliphatic carbocycles. The van der Waals surface area contributed by atoms with Crippen LogP contribution in [0.2, 0.25) is 0 Å². The first-order valence-corrected chi connectivity index (χ1v) is 19.8. The molecular weight excluding hydrogens is 703 g/mol. The summed E-state index contributed by atoms with van der Waals surface area (Å²) in [5.41, 5.74) is 16.2. The van der Waals surface area contributed by atoms with Gasteiger partial charge in [0.05, 0.1) is 19.2 Å². The Balaban J connectivity index is 0.00000342. The molecule has 0 heterocycles. The standard InChI is InChI=1S/C45H54N4O5.CH5N/c1-34-29-41(47-44(52)24-15-35-9-5-6-10-35)21-18-40(34)30-43(38-19-22-42(23-20-38)54-28-8-7-25-46)49(33-51)32-37-13-16-39(17-14-37)45(53)48(26-27-50)31-36-11-3-2-4-12-36;1-2/h2-4,11-14,16-23,27,29,33,35,43H,5-10,15,24-26,28,30-32,46H2,1H3,(H,47,52);2H2,1H3. The van der Waals surface area contributed by atoms with Crippen LogP contribution in [0.5, 0.6) is 5.75 Å². The van der Waals surface area contributed by atoms with Crippen molar-refractivity contribution in [2.75, 3.05) is 32.1 Å². The van der Waals surface area contributed by atoms with E-state index in [1.807, 2.05) is 91.9 Å². The zero-order chi connectivity index (χ0) is 40.1. The second kappa shape index (κ2) is 23.6. The van der Waals surface area contributed by atoms with Crippen LogP contribution in [0, 0.1) is 12.8 Å². The van der Waals surface area contributed by atoms with Crippen molar-refractivity contribution in [1.29, 1.82) is 0 Å². The number of hydrogen-bond donors (Lipinski definition) is 3. The number of ether oxygens (including phenoxy) is 1. The Morgan fingerprint density at radius 2 is 1.57 bits per heavy atom. The van der Waals surface area contributed by atoms with Gasteiger partial charge in [0, 0.05) is 30.8 Å². The molecule has 0 aromatic heterocycles. The van der Waals surface area contributed by atoms with Crippen molar-refractivity contribution in [3.05, 3.63) is 130 Å². The Kier molecular flexibility index (Phi) is 18.3. The van der Waals surface area contributed by atoms with E-state index >= 15 is 0 Å². The summed E-state index contributed by atoms with van der Waals surface area (Å²) in [5, 5.41) is 3.08. The fraction of sp³-hybridized carbons (Fsp3) is 0.391. The van der Waals surface area contributed by atoms with Gasteiger partial charge in [0.15, 0.2) is 0 Å². The van der Waals surface area contributed by atoms with Crippen LogP contribution in [0.3, 0.4) is 0 Å². The maximum Gasteiger partial charge on any atom is 0.254 e. The molecule has 5 N–H and O–H groups in total. The van der Waals surface area contributed by atoms with Crippen LogP contribution >= 0.6 is 0 Å². The first-order chi connectivity index (χ1) is 27.4. The van der Waals surface area contributed by atoms with Crippen molar-refractivity contribution < 1.29 is 23.9 Å². The molecule has 0 radical (unpaired) electrons. The highest BCUT2D eigenvalue weighted by Gasteiger charge is 2.23. The third-order valence-corrected chi connectivity index (χ3v) is 10.3. The number of benzene rings is 4. The molecule has 0 spiro atoms. The fourth-order valence-electron chi connectivity index (χ4n) is 7.20. The van der Waals surface area contributed by atoms with Gasteiger partial charge in [0.25, 0.3) is 5.91 Å². The van der Waals surface area contributed by atoms with Crippen LogP contribution < -0.4 is 21.5 Å². The van der Waals surface area contributed by atoms with Gasteiger partial charge in [-0.15, -0.1) is 0 Å². The molecule has 0 bridgehead atoms. The second-order valence-electron chi connectivity index (χ2n) is 14.3. The Bertz CT molecular complexity index is 1790. The number of hydrogen-bond acceptors (Lipinski definition) is 7. The van der Waals surface area contributed by atoms with Crippen LogP contribution in [0.4, 0.5) is 5.69 Å². The van der Waals surface area contributed by atoms with Crippen molar-refractivity contribution in [2.45, 2.75) is 83.8 Å². The average Bonchev–Trinajstić information content (AvgIpc) is 3.76. The van der Waals surface area contributed by atoms with Gasteiger partial charge in [0.2, 0.25) is 12.3 Å². The molecule has 0 aliphatic heterocycles. The van der Waals surface area contributed by atoms with E-state index in [1.165, 1.54) is 37.6 Å². The molecule has 5 rings (SSSR count). The Morgan fingerprint density at radius 1 is 0.875 bits per heavy atom. The summed E-state index contributed by atoms with van der Waals surface area (Å²) >= 11 is 0. The minimum absolute atomic E-state index is 0.0131. The van der Waals surface area contributed by atoms with Crippen molar-refractivity contribution in [2.24, 2.45) is 17.4 Å². The third-order valence-electron chi connectivity index (χ3n) is 10.3. The number of carbonyl (C=O) groups is 4. The quantitative estimate of drug-likeness (QED) is 0.0593. The second-order valence-corrected chi connectivity index (χ2v) is 14.3. The van der Waals surface area contributed by atoms with E-state index < -0.39 is 0 Å². The number of nitrogens with two attached hydrogens (primary N) is 2. The molecule has 0 saturated heterocycles. The summed E-state index contributed by atoms with van der Waals surface area (Å²) in [7, 11) is 1.50. The lowest BCUT2D eigenvalue weighted by Gasteiger charge is -2.30. The van der Waals surface area contributed by atoms with E-state index in [1.54, 1.807) is 17.0 Å². The van der Waals surface area contributed by atoms with Crippen LogP contribution in [0.25, 0.3) is 0 Å². The van der Waals surface area contributed by atoms with Crippen LogP contribution in [0.1, 0.15) is 95.6 Å². The molecule has 4 aromatic rings. The van der Waals surface area contributed by atoms with Gasteiger partial charge >= 0.3 is 0 Å². The number of aldehydes is 1. The molecule has 3 amide bonds. The van der Waals surface area contributed by atoms with Gasteiger partial charge in [-0.25, -0.2) is 0 Å². The van der Waals surface area contributed by atoms with E-state index in [-0.39, 0.29) is 24.4 Å². The first kappa shape index (κ1) is 43.4. The van der Waals surface area contributed by atoms with Crippen molar-refractivity contribution in [3.63, 3.8) is 0 Å². The molecule has 1 aliphatic rings. The van der Waals surface area contributed by atoms with Gasteiger partial charge in [-0.05, 0) is 116 Å². The molecular formula is C46H59N5O5. The summed E-state index contributed by atoms with van der Waals surface area (Å²) in [5.74, 6) is 1.23. The smallest absolute Gasteiger partial charge is 0.254 e. The largest absolute Gasteiger partial charge is 0.494 e. The topological polar surface area (TPSA) is 148 Å². The highest BCUT2D eigenvalue weighted by atomic mass is 16.5. The minimum Gasteiger partial charge on any atom is -0.494 e. The Hall–Kier alpha value is -5.32. The predicted molar refractivity (Wildman–Crippen MR) is 223 cm³/mol. The number of nitrogens with one attached hydrogen (secondary N) is 1. The zero-order valence-electron chi connectivity index (χ0n) is 33.0. The number of aryl methyl sites for hydroxylation is 1.